The molecule has 0 saturated carbocycles. The molecule has 230 valence electrons. The van der Waals surface area contributed by atoms with Crippen LogP contribution in [0.2, 0.25) is 0 Å². The van der Waals surface area contributed by atoms with Crippen LogP contribution in [0.15, 0.2) is 152 Å². The van der Waals surface area contributed by atoms with Gasteiger partial charge in [0.15, 0.2) is 0 Å². The highest BCUT2D eigenvalue weighted by Gasteiger charge is 2.17. The van der Waals surface area contributed by atoms with Gasteiger partial charge in [0.1, 0.15) is 0 Å². The lowest BCUT2D eigenvalue weighted by Crippen LogP contribution is -1.98. The van der Waals surface area contributed by atoms with E-state index in [0.717, 1.165) is 77.2 Å². The lowest BCUT2D eigenvalue weighted by atomic mass is 9.98. The molecule has 0 aliphatic heterocycles. The molecule has 0 aliphatic rings. The number of fused-ring (bicyclic) bond motifs is 6. The van der Waals surface area contributed by atoms with Crippen molar-refractivity contribution in [2.45, 2.75) is 0 Å². The summed E-state index contributed by atoms with van der Waals surface area (Å²) in [5.74, 6) is 0. The third-order valence-corrected chi connectivity index (χ3v) is 9.63. The number of hydrogen-bond acceptors (Lipinski definition) is 3. The SMILES string of the molecule is N#Cc1ccc(-c2ccc(-c3ccc(-n4c5ccccc5c5ccc(C#N)cc54)cc3)cc2)c(-n2c3ccccc3c3cc(C#N)ccc32)c1. The number of rotatable bonds is 4. The van der Waals surface area contributed by atoms with Crippen LogP contribution in [0.1, 0.15) is 16.7 Å². The van der Waals surface area contributed by atoms with Gasteiger partial charge in [-0.2, -0.15) is 15.8 Å². The van der Waals surface area contributed by atoms with Crippen LogP contribution < -0.4 is 0 Å². The molecule has 7 aromatic carbocycles. The molecule has 0 radical (unpaired) electrons. The standard InChI is InChI=1S/C45H25N5/c46-26-29-11-22-43-40(23-29)38-6-2-4-8-42(38)50(43)44-24-30(27-47)9-20-36(44)34-14-12-32(13-15-34)33-16-18-35(19-17-33)49-41-7-3-1-5-37(41)39-21-10-31(28-48)25-45(39)49/h1-25H. The minimum Gasteiger partial charge on any atom is -0.309 e. The van der Waals surface area contributed by atoms with Gasteiger partial charge in [0.25, 0.3) is 0 Å². The Bertz CT molecular complexity index is 2940. The maximum atomic E-state index is 9.88. The summed E-state index contributed by atoms with van der Waals surface area (Å²) < 4.78 is 4.42. The number of benzene rings is 7. The quantitative estimate of drug-likeness (QED) is 0.193. The lowest BCUT2D eigenvalue weighted by molar-refractivity contribution is 1.18. The molecule has 0 amide bonds. The van der Waals surface area contributed by atoms with E-state index in [-0.39, 0.29) is 0 Å². The van der Waals surface area contributed by atoms with Crippen LogP contribution in [0.4, 0.5) is 0 Å². The zero-order chi connectivity index (χ0) is 33.8. The van der Waals surface area contributed by atoms with E-state index in [9.17, 15) is 15.8 Å². The summed E-state index contributed by atoms with van der Waals surface area (Å²) in [4.78, 5) is 0. The third-order valence-electron chi connectivity index (χ3n) is 9.63. The molecule has 9 rings (SSSR count). The van der Waals surface area contributed by atoms with Crippen LogP contribution in [0.5, 0.6) is 0 Å². The summed E-state index contributed by atoms with van der Waals surface area (Å²) in [5, 5.41) is 33.4. The molecule has 50 heavy (non-hydrogen) atoms. The highest BCUT2D eigenvalue weighted by molar-refractivity contribution is 6.11. The Kier molecular flexibility index (Phi) is 6.56. The van der Waals surface area contributed by atoms with Gasteiger partial charge in [-0.25, -0.2) is 0 Å². The average molecular weight is 636 g/mol. The predicted octanol–water partition coefficient (Wildman–Crippen LogP) is 10.8. The van der Waals surface area contributed by atoms with Crippen molar-refractivity contribution in [1.29, 1.82) is 15.8 Å². The fourth-order valence-corrected chi connectivity index (χ4v) is 7.30. The smallest absolute Gasteiger partial charge is 0.0992 e. The first-order chi connectivity index (χ1) is 24.6. The van der Waals surface area contributed by atoms with Gasteiger partial charge in [0, 0.05) is 32.8 Å². The minimum atomic E-state index is 0.576. The van der Waals surface area contributed by atoms with E-state index in [2.05, 4.69) is 100 Å². The van der Waals surface area contributed by atoms with E-state index < -0.39 is 0 Å². The fraction of sp³-hybridized carbons (Fsp3) is 0. The molecule has 0 aliphatic carbocycles. The van der Waals surface area contributed by atoms with Gasteiger partial charge in [-0.3, -0.25) is 0 Å². The Balaban J connectivity index is 1.12. The van der Waals surface area contributed by atoms with Gasteiger partial charge in [-0.05, 0) is 83.4 Å². The van der Waals surface area contributed by atoms with Gasteiger partial charge in [0.2, 0.25) is 0 Å². The van der Waals surface area contributed by atoms with E-state index in [1.807, 2.05) is 78.9 Å². The summed E-state index contributed by atoms with van der Waals surface area (Å²) in [7, 11) is 0. The van der Waals surface area contributed by atoms with E-state index in [4.69, 9.17) is 0 Å². The Morgan fingerprint density at radius 1 is 0.360 bits per heavy atom. The van der Waals surface area contributed by atoms with Gasteiger partial charge < -0.3 is 9.13 Å². The van der Waals surface area contributed by atoms with E-state index in [1.54, 1.807) is 0 Å². The van der Waals surface area contributed by atoms with Crippen LogP contribution >= 0.6 is 0 Å². The highest BCUT2D eigenvalue weighted by atomic mass is 15.0. The second kappa shape index (κ2) is 11.4. The molecule has 5 heteroatoms. The minimum absolute atomic E-state index is 0.576. The Morgan fingerprint density at radius 3 is 1.56 bits per heavy atom. The fourth-order valence-electron chi connectivity index (χ4n) is 7.30. The van der Waals surface area contributed by atoms with Crippen LogP contribution in [0, 0.1) is 34.0 Å². The number of para-hydroxylation sites is 2. The van der Waals surface area contributed by atoms with E-state index in [1.165, 1.54) is 0 Å². The topological polar surface area (TPSA) is 81.2 Å². The summed E-state index contributed by atoms with van der Waals surface area (Å²) in [6.45, 7) is 0. The van der Waals surface area contributed by atoms with Crippen molar-refractivity contribution in [2.75, 3.05) is 0 Å². The first-order valence-corrected chi connectivity index (χ1v) is 16.3. The summed E-state index contributed by atoms with van der Waals surface area (Å²) in [5.41, 5.74) is 12.1. The van der Waals surface area contributed by atoms with E-state index in [0.29, 0.717) is 16.7 Å². The van der Waals surface area contributed by atoms with Crippen molar-refractivity contribution in [3.05, 3.63) is 168 Å². The largest absolute Gasteiger partial charge is 0.309 e. The number of hydrogen-bond donors (Lipinski definition) is 0. The summed E-state index contributed by atoms with van der Waals surface area (Å²) >= 11 is 0. The van der Waals surface area contributed by atoms with Gasteiger partial charge in [-0.1, -0.05) is 84.9 Å². The monoisotopic (exact) mass is 635 g/mol. The lowest BCUT2D eigenvalue weighted by Gasteiger charge is -2.15. The highest BCUT2D eigenvalue weighted by Crippen LogP contribution is 2.38. The molecular formula is C45H25N5. The van der Waals surface area contributed by atoms with Crippen molar-refractivity contribution in [3.63, 3.8) is 0 Å². The molecule has 0 N–H and O–H groups in total. The molecule has 0 atom stereocenters. The molecule has 0 spiro atoms. The Labute approximate surface area is 287 Å². The predicted molar refractivity (Wildman–Crippen MR) is 200 cm³/mol. The zero-order valence-electron chi connectivity index (χ0n) is 26.7. The molecule has 2 heterocycles. The second-order valence-electron chi connectivity index (χ2n) is 12.4. The number of nitriles is 3. The molecule has 0 saturated heterocycles. The molecule has 5 nitrogen and oxygen atoms in total. The van der Waals surface area contributed by atoms with Gasteiger partial charge in [0.05, 0.1) is 62.7 Å². The van der Waals surface area contributed by atoms with Gasteiger partial charge >= 0.3 is 0 Å². The molecule has 0 bridgehead atoms. The maximum absolute atomic E-state index is 9.88. The zero-order valence-corrected chi connectivity index (χ0v) is 26.7. The third kappa shape index (κ3) is 4.45. The number of aromatic nitrogens is 2. The van der Waals surface area contributed by atoms with Crippen molar-refractivity contribution in [2.24, 2.45) is 0 Å². The normalized spacial score (nSPS) is 11.1. The summed E-state index contributed by atoms with van der Waals surface area (Å²) in [6, 6.07) is 57.9. The molecule has 2 aromatic heterocycles. The van der Waals surface area contributed by atoms with Gasteiger partial charge in [-0.15, -0.1) is 0 Å². The second-order valence-corrected chi connectivity index (χ2v) is 12.4. The molecule has 0 unspecified atom stereocenters. The first kappa shape index (κ1) is 28.8. The van der Waals surface area contributed by atoms with Crippen LogP contribution in [-0.2, 0) is 0 Å². The Morgan fingerprint density at radius 2 is 0.860 bits per heavy atom. The van der Waals surface area contributed by atoms with Crippen molar-refractivity contribution >= 4 is 43.6 Å². The van der Waals surface area contributed by atoms with Crippen LogP contribution in [-0.4, -0.2) is 9.13 Å². The number of nitrogens with zero attached hydrogens (tertiary/aromatic N) is 5. The Hall–Kier alpha value is -7.39. The van der Waals surface area contributed by atoms with Crippen LogP contribution in [0.25, 0.3) is 77.2 Å². The molecule has 9 aromatic rings. The van der Waals surface area contributed by atoms with E-state index >= 15 is 0 Å². The van der Waals surface area contributed by atoms with Crippen molar-refractivity contribution < 1.29 is 0 Å². The molecular weight excluding hydrogens is 611 g/mol. The summed E-state index contributed by atoms with van der Waals surface area (Å²) in [6.07, 6.45) is 0. The molecule has 0 fully saturated rings. The maximum Gasteiger partial charge on any atom is 0.0992 e. The van der Waals surface area contributed by atoms with Crippen LogP contribution in [0.3, 0.4) is 0 Å². The first-order valence-electron chi connectivity index (χ1n) is 16.3. The van der Waals surface area contributed by atoms with Crippen molar-refractivity contribution in [1.82, 2.24) is 9.13 Å². The average Bonchev–Trinajstić information content (AvgIpc) is 3.69. The van der Waals surface area contributed by atoms with Crippen molar-refractivity contribution in [3.8, 4) is 51.8 Å².